The van der Waals surface area contributed by atoms with Crippen molar-refractivity contribution in [2.24, 2.45) is 40.2 Å². The number of nitrogens with one attached hydrogen (secondary N) is 3. The molecule has 242 valence electrons. The third kappa shape index (κ3) is 7.35. The van der Waals surface area contributed by atoms with E-state index in [0.717, 1.165) is 51.4 Å². The zero-order valence-electron chi connectivity index (χ0n) is 26.9. The van der Waals surface area contributed by atoms with Crippen LogP contribution in [0.4, 0.5) is 4.79 Å². The van der Waals surface area contributed by atoms with Gasteiger partial charge in [0.05, 0.1) is 18.7 Å². The first-order valence-corrected chi connectivity index (χ1v) is 16.2. The lowest BCUT2D eigenvalue weighted by Crippen LogP contribution is -2.61. The lowest BCUT2D eigenvalue weighted by atomic mass is 9.80. The minimum Gasteiger partial charge on any atom is -0.383 e. The summed E-state index contributed by atoms with van der Waals surface area (Å²) >= 11 is 0. The number of primary amides is 1. The van der Waals surface area contributed by atoms with Gasteiger partial charge in [0.2, 0.25) is 17.6 Å². The molecule has 0 bridgehead atoms. The van der Waals surface area contributed by atoms with E-state index in [0.29, 0.717) is 19.6 Å². The fourth-order valence-corrected chi connectivity index (χ4v) is 7.58. The van der Waals surface area contributed by atoms with Crippen molar-refractivity contribution in [1.82, 2.24) is 20.9 Å². The number of amides is 5. The molecule has 3 saturated carbocycles. The van der Waals surface area contributed by atoms with Crippen molar-refractivity contribution in [1.29, 1.82) is 0 Å². The van der Waals surface area contributed by atoms with Gasteiger partial charge in [-0.05, 0) is 53.8 Å². The normalized spacial score (nSPS) is 27.2. The highest BCUT2D eigenvalue weighted by molar-refractivity contribution is 6.37. The van der Waals surface area contributed by atoms with E-state index in [9.17, 15) is 24.0 Å². The molecular formula is C32H53N5O6. The van der Waals surface area contributed by atoms with Crippen molar-refractivity contribution in [3.8, 4) is 0 Å². The van der Waals surface area contributed by atoms with Gasteiger partial charge in [0.15, 0.2) is 0 Å². The van der Waals surface area contributed by atoms with Crippen LogP contribution in [0.2, 0.25) is 0 Å². The van der Waals surface area contributed by atoms with Crippen LogP contribution in [0.3, 0.4) is 0 Å². The number of ketones is 1. The van der Waals surface area contributed by atoms with Crippen LogP contribution in [0.25, 0.3) is 0 Å². The number of likely N-dealkylation sites (tertiary alicyclic amines) is 1. The molecular weight excluding hydrogens is 550 g/mol. The van der Waals surface area contributed by atoms with E-state index in [4.69, 9.17) is 10.5 Å². The number of hydrogen-bond acceptors (Lipinski definition) is 6. The Hall–Kier alpha value is -2.69. The summed E-state index contributed by atoms with van der Waals surface area (Å²) in [4.78, 5) is 67.8. The topological polar surface area (TPSA) is 160 Å². The maximum Gasteiger partial charge on any atom is 0.315 e. The van der Waals surface area contributed by atoms with Crippen LogP contribution in [0.5, 0.6) is 0 Å². The van der Waals surface area contributed by atoms with E-state index in [1.165, 1.54) is 0 Å². The molecule has 0 radical (unpaired) electrons. The van der Waals surface area contributed by atoms with Gasteiger partial charge in [-0.25, -0.2) is 4.79 Å². The van der Waals surface area contributed by atoms with E-state index >= 15 is 0 Å². The van der Waals surface area contributed by atoms with Gasteiger partial charge in [-0.1, -0.05) is 73.1 Å². The largest absolute Gasteiger partial charge is 0.383 e. The summed E-state index contributed by atoms with van der Waals surface area (Å²) < 4.78 is 5.34. The Morgan fingerprint density at radius 1 is 0.953 bits per heavy atom. The monoisotopic (exact) mass is 603 g/mol. The van der Waals surface area contributed by atoms with Crippen molar-refractivity contribution in [3.63, 3.8) is 0 Å². The molecule has 6 atom stereocenters. The predicted octanol–water partition coefficient (Wildman–Crippen LogP) is 2.51. The molecule has 1 unspecified atom stereocenters. The van der Waals surface area contributed by atoms with Crippen LogP contribution in [0.15, 0.2) is 0 Å². The average Bonchev–Trinajstić information content (AvgIpc) is 3.23. The second-order valence-electron chi connectivity index (χ2n) is 15.1. The van der Waals surface area contributed by atoms with Crippen LogP contribution in [-0.4, -0.2) is 78.9 Å². The smallest absolute Gasteiger partial charge is 0.315 e. The Labute approximate surface area is 256 Å². The highest BCUT2D eigenvalue weighted by atomic mass is 16.5. The zero-order chi connectivity index (χ0) is 31.7. The Balaban J connectivity index is 1.55. The molecule has 11 heteroatoms. The Morgan fingerprint density at radius 3 is 2.14 bits per heavy atom. The number of hydrogen-bond donors (Lipinski definition) is 4. The first-order valence-electron chi connectivity index (χ1n) is 16.2. The van der Waals surface area contributed by atoms with Crippen molar-refractivity contribution < 1.29 is 28.7 Å². The first kappa shape index (κ1) is 33.2. The number of nitrogens with zero attached hydrogens (tertiary/aromatic N) is 1. The minimum atomic E-state index is -1.07. The van der Waals surface area contributed by atoms with Crippen LogP contribution in [0, 0.1) is 34.5 Å². The van der Waals surface area contributed by atoms with Gasteiger partial charge in [-0.3, -0.25) is 19.2 Å². The van der Waals surface area contributed by atoms with Gasteiger partial charge in [-0.15, -0.1) is 0 Å². The average molecular weight is 604 g/mol. The van der Waals surface area contributed by atoms with E-state index in [2.05, 4.69) is 29.8 Å². The highest BCUT2D eigenvalue weighted by Crippen LogP contribution is 2.65. The quantitative estimate of drug-likeness (QED) is 0.251. The van der Waals surface area contributed by atoms with Crippen LogP contribution >= 0.6 is 0 Å². The van der Waals surface area contributed by atoms with Gasteiger partial charge in [0, 0.05) is 13.7 Å². The van der Waals surface area contributed by atoms with Crippen LogP contribution < -0.4 is 21.7 Å². The highest BCUT2D eigenvalue weighted by Gasteiger charge is 2.69. The molecule has 11 nitrogen and oxygen atoms in total. The molecule has 4 fully saturated rings. The van der Waals surface area contributed by atoms with Gasteiger partial charge in [0.25, 0.3) is 5.91 Å². The molecule has 43 heavy (non-hydrogen) atoms. The molecule has 0 aromatic carbocycles. The summed E-state index contributed by atoms with van der Waals surface area (Å²) in [5.74, 6) is -2.28. The number of urea groups is 1. The number of carbonyl (C=O) groups excluding carboxylic acids is 5. The van der Waals surface area contributed by atoms with E-state index in [1.54, 1.807) is 12.0 Å². The summed E-state index contributed by atoms with van der Waals surface area (Å²) in [5.41, 5.74) is 4.95. The lowest BCUT2D eigenvalue weighted by molar-refractivity contribution is -0.144. The molecule has 0 spiro atoms. The van der Waals surface area contributed by atoms with Crippen LogP contribution in [0.1, 0.15) is 92.4 Å². The van der Waals surface area contributed by atoms with Gasteiger partial charge < -0.3 is 31.3 Å². The number of fused-ring (bicyclic) bond motifs is 1. The molecule has 5 amide bonds. The van der Waals surface area contributed by atoms with E-state index < -0.39 is 41.8 Å². The predicted molar refractivity (Wildman–Crippen MR) is 162 cm³/mol. The number of ether oxygens (including phenoxy) is 1. The fourth-order valence-electron chi connectivity index (χ4n) is 7.58. The Kier molecular flexibility index (Phi) is 10.1. The molecule has 1 heterocycles. The third-order valence-corrected chi connectivity index (χ3v) is 10.8. The second-order valence-corrected chi connectivity index (χ2v) is 15.1. The summed E-state index contributed by atoms with van der Waals surface area (Å²) in [6, 6.07) is -3.27. The standard InChI is InChI=1S/C32H53N5O6/c1-31(2,3)22(17-43-6)35-30(42)36-24(19-13-8-7-9-14-19)29(41)37-16-20-23(32(20,4)5)25(37)28(40)34-21(26(38)27(33)39)15-18-11-10-12-18/h18-25H,7-17H2,1-6H3,(H2,33,39)(H,34,40)(H2,35,36,42)/t20-,21?,22+,23-,24-,25-/m0/s1. The van der Waals surface area contributed by atoms with Crippen LogP contribution in [-0.2, 0) is 23.9 Å². The van der Waals surface area contributed by atoms with Crippen molar-refractivity contribution in [2.45, 2.75) is 117 Å². The summed E-state index contributed by atoms with van der Waals surface area (Å²) in [6.07, 6.45) is 8.00. The lowest BCUT2D eigenvalue weighted by Gasteiger charge is -2.38. The second kappa shape index (κ2) is 13.1. The molecule has 4 aliphatic rings. The molecule has 0 aromatic heterocycles. The van der Waals surface area contributed by atoms with Gasteiger partial charge >= 0.3 is 6.03 Å². The van der Waals surface area contributed by atoms with Crippen molar-refractivity contribution in [2.75, 3.05) is 20.3 Å². The van der Waals surface area contributed by atoms with Gasteiger partial charge in [-0.2, -0.15) is 0 Å². The zero-order valence-corrected chi connectivity index (χ0v) is 26.9. The van der Waals surface area contributed by atoms with Crippen molar-refractivity contribution in [3.05, 3.63) is 0 Å². The first-order chi connectivity index (χ1) is 20.2. The summed E-state index contributed by atoms with van der Waals surface area (Å²) in [6.45, 7) is 11.0. The molecule has 3 aliphatic carbocycles. The maximum atomic E-state index is 14.4. The SMILES string of the molecule is COC[C@@H](NC(=O)N[C@H](C(=O)N1C[C@H]2[C@@H]([C@H]1C(=O)NC(CC1CCC1)C(=O)C(N)=O)C2(C)C)C1CCCCC1)C(C)(C)C. The van der Waals surface area contributed by atoms with Gasteiger partial charge in [0.1, 0.15) is 12.1 Å². The summed E-state index contributed by atoms with van der Waals surface area (Å²) in [7, 11) is 1.59. The number of carbonyl (C=O) groups is 5. The number of rotatable bonds is 12. The summed E-state index contributed by atoms with van der Waals surface area (Å²) in [5, 5.41) is 8.85. The molecule has 4 rings (SSSR count). The number of piperidine rings is 1. The number of nitrogens with two attached hydrogens (primary N) is 1. The third-order valence-electron chi connectivity index (χ3n) is 10.8. The fraction of sp³-hybridized carbons (Fsp3) is 0.844. The molecule has 5 N–H and O–H groups in total. The Bertz CT molecular complexity index is 1080. The molecule has 1 aliphatic heterocycles. The number of methoxy groups -OCH3 is 1. The Morgan fingerprint density at radius 2 is 1.60 bits per heavy atom. The number of Topliss-reactive ketones (excluding diaryl/α,β-unsaturated/α-hetero) is 1. The van der Waals surface area contributed by atoms with Crippen molar-refractivity contribution >= 4 is 29.5 Å². The molecule has 0 aromatic rings. The van der Waals surface area contributed by atoms with E-state index in [1.807, 2.05) is 20.8 Å². The maximum absolute atomic E-state index is 14.4. The molecule has 1 saturated heterocycles. The minimum absolute atomic E-state index is 0.0426. The van der Waals surface area contributed by atoms with E-state index in [-0.39, 0.29) is 46.5 Å².